The Balaban J connectivity index is 0.00000243. The number of aliphatic imine (C=N–C) groups is 1. The number of para-hydroxylation sites is 2. The molecule has 0 bridgehead atoms. The van der Waals surface area contributed by atoms with E-state index < -0.39 is 0 Å². The fraction of sp³-hybridized carbons (Fsp3) is 0.500. The molecule has 2 aromatic rings. The number of hydrogen-bond donors (Lipinski definition) is 3. The second kappa shape index (κ2) is 10.3. The van der Waals surface area contributed by atoms with Gasteiger partial charge in [0, 0.05) is 32.6 Å². The van der Waals surface area contributed by atoms with E-state index in [1.807, 2.05) is 36.1 Å². The van der Waals surface area contributed by atoms with Crippen molar-refractivity contribution in [1.82, 2.24) is 25.5 Å². The molecule has 1 aromatic heterocycles. The summed E-state index contributed by atoms with van der Waals surface area (Å²) < 4.78 is 0. The zero-order chi connectivity index (χ0) is 17.5. The van der Waals surface area contributed by atoms with Crippen molar-refractivity contribution in [3.63, 3.8) is 0 Å². The van der Waals surface area contributed by atoms with Gasteiger partial charge in [0.2, 0.25) is 5.91 Å². The Morgan fingerprint density at radius 3 is 2.77 bits per heavy atom. The predicted octanol–water partition coefficient (Wildman–Crippen LogP) is 1.90. The monoisotopic (exact) mass is 470 g/mol. The summed E-state index contributed by atoms with van der Waals surface area (Å²) in [5.74, 6) is 1.72. The molecule has 1 amide bonds. The van der Waals surface area contributed by atoms with E-state index in [9.17, 15) is 4.79 Å². The molecule has 1 aliphatic rings. The molecule has 0 saturated carbocycles. The summed E-state index contributed by atoms with van der Waals surface area (Å²) in [7, 11) is 0. The minimum Gasteiger partial charge on any atom is -0.357 e. The highest BCUT2D eigenvalue weighted by Crippen LogP contribution is 2.10. The van der Waals surface area contributed by atoms with E-state index >= 15 is 0 Å². The van der Waals surface area contributed by atoms with E-state index in [0.29, 0.717) is 12.5 Å². The van der Waals surface area contributed by atoms with Crippen molar-refractivity contribution in [2.24, 2.45) is 4.99 Å². The van der Waals surface area contributed by atoms with E-state index in [1.165, 1.54) is 0 Å². The number of nitrogens with one attached hydrogen (secondary N) is 3. The fourth-order valence-corrected chi connectivity index (χ4v) is 2.98. The van der Waals surface area contributed by atoms with Crippen LogP contribution in [0.25, 0.3) is 11.0 Å². The van der Waals surface area contributed by atoms with Crippen LogP contribution in [0.5, 0.6) is 0 Å². The van der Waals surface area contributed by atoms with Gasteiger partial charge in [-0.25, -0.2) is 9.98 Å². The maximum absolute atomic E-state index is 12.1. The van der Waals surface area contributed by atoms with Crippen LogP contribution in [0.15, 0.2) is 29.3 Å². The molecule has 0 atom stereocenters. The Hall–Kier alpha value is -1.84. The topological polar surface area (TPSA) is 85.4 Å². The first-order valence-electron chi connectivity index (χ1n) is 9.00. The van der Waals surface area contributed by atoms with Crippen molar-refractivity contribution in [1.29, 1.82) is 0 Å². The van der Waals surface area contributed by atoms with Gasteiger partial charge in [-0.1, -0.05) is 12.1 Å². The lowest BCUT2D eigenvalue weighted by Crippen LogP contribution is -2.39. The highest BCUT2D eigenvalue weighted by atomic mass is 127. The van der Waals surface area contributed by atoms with Crippen LogP contribution in [0.1, 0.15) is 25.6 Å². The zero-order valence-electron chi connectivity index (χ0n) is 15.1. The average Bonchev–Trinajstić information content (AvgIpc) is 3.28. The van der Waals surface area contributed by atoms with Gasteiger partial charge in [0.25, 0.3) is 0 Å². The normalized spacial score (nSPS) is 14.3. The minimum absolute atomic E-state index is 0. The van der Waals surface area contributed by atoms with Gasteiger partial charge in [0.05, 0.1) is 11.0 Å². The summed E-state index contributed by atoms with van der Waals surface area (Å²) in [5.41, 5.74) is 2.03. The number of rotatable bonds is 6. The van der Waals surface area contributed by atoms with Crippen LogP contribution < -0.4 is 10.6 Å². The lowest BCUT2D eigenvalue weighted by molar-refractivity contribution is -0.128. The number of hydrogen-bond acceptors (Lipinski definition) is 3. The smallest absolute Gasteiger partial charge is 0.244 e. The summed E-state index contributed by atoms with van der Waals surface area (Å²) in [5, 5.41) is 6.45. The van der Waals surface area contributed by atoms with Crippen molar-refractivity contribution in [3.05, 3.63) is 30.1 Å². The van der Waals surface area contributed by atoms with Crippen LogP contribution in [0.4, 0.5) is 0 Å². The Bertz CT molecular complexity index is 705. The largest absolute Gasteiger partial charge is 0.357 e. The average molecular weight is 470 g/mol. The number of halogens is 1. The molecule has 8 heteroatoms. The van der Waals surface area contributed by atoms with Gasteiger partial charge in [-0.2, -0.15) is 0 Å². The third kappa shape index (κ3) is 5.58. The van der Waals surface area contributed by atoms with Gasteiger partial charge in [-0.15, -0.1) is 24.0 Å². The maximum atomic E-state index is 12.1. The fourth-order valence-electron chi connectivity index (χ4n) is 2.98. The van der Waals surface area contributed by atoms with Crippen molar-refractivity contribution in [3.8, 4) is 0 Å². The van der Waals surface area contributed by atoms with Crippen LogP contribution in [0.3, 0.4) is 0 Å². The van der Waals surface area contributed by atoms with Crippen molar-refractivity contribution in [2.75, 3.05) is 32.7 Å². The second-order valence-corrected chi connectivity index (χ2v) is 6.16. The number of nitrogens with zero attached hydrogens (tertiary/aromatic N) is 3. The standard InChI is InChI=1S/C18H26N6O.HI/c1-2-19-18(21-13-17(25)24-11-5-6-12-24)20-10-9-16-22-14-7-3-4-8-15(14)23-16;/h3-4,7-8H,2,5-6,9-13H2,1H3,(H,22,23)(H2,19,20,21);1H. The highest BCUT2D eigenvalue weighted by molar-refractivity contribution is 14.0. The molecule has 142 valence electrons. The molecule has 3 rings (SSSR count). The zero-order valence-corrected chi connectivity index (χ0v) is 17.5. The molecule has 0 aliphatic carbocycles. The van der Waals surface area contributed by atoms with Crippen LogP contribution >= 0.6 is 24.0 Å². The first-order chi connectivity index (χ1) is 12.3. The maximum Gasteiger partial charge on any atom is 0.244 e. The molecule has 3 N–H and O–H groups in total. The van der Waals surface area contributed by atoms with Gasteiger partial charge >= 0.3 is 0 Å². The van der Waals surface area contributed by atoms with Crippen molar-refractivity contribution >= 4 is 46.9 Å². The Labute approximate surface area is 171 Å². The lowest BCUT2D eigenvalue weighted by Gasteiger charge is -2.15. The van der Waals surface area contributed by atoms with Gasteiger partial charge in [0.1, 0.15) is 12.4 Å². The number of aromatic amines is 1. The van der Waals surface area contributed by atoms with Crippen molar-refractivity contribution < 1.29 is 4.79 Å². The SMILES string of the molecule is CCNC(=NCC(=O)N1CCCC1)NCCc1nc2ccccc2[nH]1.I. The van der Waals surface area contributed by atoms with Gasteiger partial charge in [-0.3, -0.25) is 4.79 Å². The molecule has 0 unspecified atom stereocenters. The number of carbonyl (C=O) groups is 1. The molecule has 1 saturated heterocycles. The van der Waals surface area contributed by atoms with Gasteiger partial charge in [-0.05, 0) is 31.9 Å². The summed E-state index contributed by atoms with van der Waals surface area (Å²) in [6, 6.07) is 8.00. The van der Waals surface area contributed by atoms with E-state index in [0.717, 1.165) is 55.8 Å². The number of aromatic nitrogens is 2. The third-order valence-corrected chi connectivity index (χ3v) is 4.27. The number of imidazole rings is 1. The summed E-state index contributed by atoms with van der Waals surface area (Å²) in [6.45, 7) is 5.39. The molecule has 7 nitrogen and oxygen atoms in total. The molecule has 0 spiro atoms. The summed E-state index contributed by atoms with van der Waals surface area (Å²) in [6.07, 6.45) is 2.97. The Morgan fingerprint density at radius 1 is 1.27 bits per heavy atom. The van der Waals surface area contributed by atoms with E-state index in [1.54, 1.807) is 0 Å². The minimum atomic E-state index is 0. The van der Waals surface area contributed by atoms with Gasteiger partial charge < -0.3 is 20.5 Å². The van der Waals surface area contributed by atoms with Crippen LogP contribution in [-0.2, 0) is 11.2 Å². The molecular weight excluding hydrogens is 443 g/mol. The molecule has 26 heavy (non-hydrogen) atoms. The number of carbonyl (C=O) groups excluding carboxylic acids is 1. The number of guanidine groups is 1. The summed E-state index contributed by atoms with van der Waals surface area (Å²) in [4.78, 5) is 26.3. The Morgan fingerprint density at radius 2 is 2.04 bits per heavy atom. The molecule has 2 heterocycles. The van der Waals surface area contributed by atoms with Crippen LogP contribution in [0.2, 0.25) is 0 Å². The molecule has 1 aromatic carbocycles. The Kier molecular flexibility index (Phi) is 8.14. The quantitative estimate of drug-likeness (QED) is 0.342. The first kappa shape index (κ1) is 20.5. The van der Waals surface area contributed by atoms with Gasteiger partial charge in [0.15, 0.2) is 5.96 Å². The molecule has 1 aliphatic heterocycles. The van der Waals surface area contributed by atoms with Crippen LogP contribution in [0, 0.1) is 0 Å². The molecular formula is C18H27IN6O. The number of fused-ring (bicyclic) bond motifs is 1. The third-order valence-electron chi connectivity index (χ3n) is 4.27. The molecule has 0 radical (unpaired) electrons. The second-order valence-electron chi connectivity index (χ2n) is 6.16. The number of benzene rings is 1. The predicted molar refractivity (Wildman–Crippen MR) is 115 cm³/mol. The molecule has 1 fully saturated rings. The highest BCUT2D eigenvalue weighted by Gasteiger charge is 2.17. The van der Waals surface area contributed by atoms with E-state index in [4.69, 9.17) is 0 Å². The van der Waals surface area contributed by atoms with Crippen molar-refractivity contribution in [2.45, 2.75) is 26.2 Å². The first-order valence-corrected chi connectivity index (χ1v) is 9.00. The summed E-state index contributed by atoms with van der Waals surface area (Å²) >= 11 is 0. The number of likely N-dealkylation sites (tertiary alicyclic amines) is 1. The van der Waals surface area contributed by atoms with Crippen LogP contribution in [-0.4, -0.2) is 59.5 Å². The number of H-pyrrole nitrogens is 1. The lowest BCUT2D eigenvalue weighted by atomic mass is 10.3. The van der Waals surface area contributed by atoms with E-state index in [-0.39, 0.29) is 36.4 Å². The van der Waals surface area contributed by atoms with E-state index in [2.05, 4.69) is 25.6 Å². The number of amides is 1.